The molecule has 0 aliphatic heterocycles. The molecule has 10 aromatic rings. The monoisotopic (exact) mass is 639 g/mol. The maximum absolute atomic E-state index is 6.39. The van der Waals surface area contributed by atoms with Crippen molar-refractivity contribution in [2.45, 2.75) is 0 Å². The first-order valence-electron chi connectivity index (χ1n) is 16.8. The van der Waals surface area contributed by atoms with Gasteiger partial charge < -0.3 is 8.98 Å². The van der Waals surface area contributed by atoms with Gasteiger partial charge in [0.25, 0.3) is 0 Å². The van der Waals surface area contributed by atoms with E-state index in [1.807, 2.05) is 24.3 Å². The Kier molecular flexibility index (Phi) is 6.46. The van der Waals surface area contributed by atoms with E-state index in [-0.39, 0.29) is 0 Å². The molecule has 0 saturated carbocycles. The first-order chi connectivity index (χ1) is 24.8. The van der Waals surface area contributed by atoms with Crippen molar-refractivity contribution in [1.29, 1.82) is 0 Å². The first kappa shape index (κ1) is 28.3. The molecule has 0 amide bonds. The van der Waals surface area contributed by atoms with Crippen LogP contribution in [0.4, 0.5) is 0 Å². The topological polar surface area (TPSA) is 43.9 Å². The van der Waals surface area contributed by atoms with Crippen LogP contribution in [-0.4, -0.2) is 14.5 Å². The van der Waals surface area contributed by atoms with Crippen molar-refractivity contribution in [3.05, 3.63) is 176 Å². The van der Waals surface area contributed by atoms with Gasteiger partial charge in [-0.2, -0.15) is 0 Å². The van der Waals surface area contributed by atoms with E-state index in [4.69, 9.17) is 14.4 Å². The fraction of sp³-hybridized carbons (Fsp3) is 0. The normalized spacial score (nSPS) is 11.6. The van der Waals surface area contributed by atoms with Gasteiger partial charge >= 0.3 is 0 Å². The highest BCUT2D eigenvalue weighted by Gasteiger charge is 2.21. The molecule has 0 aliphatic carbocycles. The molecule has 0 atom stereocenters. The number of para-hydroxylation sites is 4. The molecule has 3 aromatic heterocycles. The van der Waals surface area contributed by atoms with Crippen LogP contribution >= 0.6 is 0 Å². The lowest BCUT2D eigenvalue weighted by Gasteiger charge is -2.13. The largest absolute Gasteiger partial charge is 0.455 e. The predicted octanol–water partition coefficient (Wildman–Crippen LogP) is 12.1. The fourth-order valence-corrected chi connectivity index (χ4v) is 7.29. The smallest absolute Gasteiger partial charge is 0.160 e. The van der Waals surface area contributed by atoms with Crippen molar-refractivity contribution in [2.75, 3.05) is 0 Å². The predicted molar refractivity (Wildman–Crippen MR) is 205 cm³/mol. The van der Waals surface area contributed by atoms with Crippen LogP contribution in [0, 0.1) is 0 Å². The Hall–Kier alpha value is -6.78. The summed E-state index contributed by atoms with van der Waals surface area (Å²) in [4.78, 5) is 10.6. The van der Waals surface area contributed by atoms with Crippen LogP contribution in [-0.2, 0) is 0 Å². The van der Waals surface area contributed by atoms with E-state index in [0.717, 1.165) is 88.6 Å². The van der Waals surface area contributed by atoms with E-state index in [2.05, 4.69) is 156 Å². The first-order valence-corrected chi connectivity index (χ1v) is 16.8. The van der Waals surface area contributed by atoms with E-state index in [1.54, 1.807) is 0 Å². The Morgan fingerprint density at radius 3 is 1.86 bits per heavy atom. The molecule has 7 aromatic carbocycles. The van der Waals surface area contributed by atoms with Gasteiger partial charge in [0.15, 0.2) is 5.82 Å². The molecule has 234 valence electrons. The molecule has 50 heavy (non-hydrogen) atoms. The molecule has 0 N–H and O–H groups in total. The number of hydrogen-bond donors (Lipinski definition) is 0. The number of furan rings is 1. The molecule has 0 fully saturated rings. The molecule has 0 spiro atoms. The van der Waals surface area contributed by atoms with Gasteiger partial charge in [0.2, 0.25) is 0 Å². The van der Waals surface area contributed by atoms with Gasteiger partial charge in [-0.25, -0.2) is 9.97 Å². The molecular formula is C46H29N3O. The van der Waals surface area contributed by atoms with Crippen molar-refractivity contribution in [3.8, 4) is 50.6 Å². The molecule has 0 saturated heterocycles. The van der Waals surface area contributed by atoms with Crippen LogP contribution in [0.3, 0.4) is 0 Å². The van der Waals surface area contributed by atoms with Crippen molar-refractivity contribution in [2.24, 2.45) is 0 Å². The SMILES string of the molecule is c1ccc(-c2nc(-c3cccc(-c4cccc(-c5cccc6c5oc5ccccc56)c4)c3)nc3c4ccccc4n(-c4ccccc4)c23)cc1. The van der Waals surface area contributed by atoms with E-state index in [0.29, 0.717) is 5.82 Å². The third-order valence-electron chi connectivity index (χ3n) is 9.60. The van der Waals surface area contributed by atoms with Crippen molar-refractivity contribution < 1.29 is 4.42 Å². The number of rotatable bonds is 5. The number of benzene rings is 7. The number of fused-ring (bicyclic) bond motifs is 6. The second-order valence-corrected chi connectivity index (χ2v) is 12.6. The van der Waals surface area contributed by atoms with Crippen LogP contribution < -0.4 is 0 Å². The summed E-state index contributed by atoms with van der Waals surface area (Å²) in [6.45, 7) is 0. The summed E-state index contributed by atoms with van der Waals surface area (Å²) >= 11 is 0. The molecule has 0 radical (unpaired) electrons. The maximum Gasteiger partial charge on any atom is 0.160 e. The lowest BCUT2D eigenvalue weighted by molar-refractivity contribution is 0.670. The van der Waals surface area contributed by atoms with Gasteiger partial charge in [-0.3, -0.25) is 0 Å². The number of nitrogens with zero attached hydrogens (tertiary/aromatic N) is 3. The minimum absolute atomic E-state index is 0.692. The van der Waals surface area contributed by atoms with Gasteiger partial charge in [0, 0.05) is 38.5 Å². The lowest BCUT2D eigenvalue weighted by Crippen LogP contribution is -1.99. The molecule has 4 heteroatoms. The van der Waals surface area contributed by atoms with E-state index < -0.39 is 0 Å². The summed E-state index contributed by atoms with van der Waals surface area (Å²) in [5.74, 6) is 0.692. The van der Waals surface area contributed by atoms with Crippen LogP contribution in [0.2, 0.25) is 0 Å². The average molecular weight is 640 g/mol. The van der Waals surface area contributed by atoms with Crippen molar-refractivity contribution in [3.63, 3.8) is 0 Å². The Labute approximate surface area is 288 Å². The maximum atomic E-state index is 6.39. The molecular weight excluding hydrogens is 611 g/mol. The van der Waals surface area contributed by atoms with Crippen LogP contribution in [0.1, 0.15) is 0 Å². The average Bonchev–Trinajstić information content (AvgIpc) is 3.74. The van der Waals surface area contributed by atoms with Gasteiger partial charge in [-0.15, -0.1) is 0 Å². The van der Waals surface area contributed by atoms with Crippen LogP contribution in [0.15, 0.2) is 180 Å². The van der Waals surface area contributed by atoms with Gasteiger partial charge in [0.05, 0.1) is 16.7 Å². The van der Waals surface area contributed by atoms with Crippen molar-refractivity contribution in [1.82, 2.24) is 14.5 Å². The zero-order valence-electron chi connectivity index (χ0n) is 27.0. The van der Waals surface area contributed by atoms with Crippen LogP contribution in [0.5, 0.6) is 0 Å². The highest BCUT2D eigenvalue weighted by atomic mass is 16.3. The van der Waals surface area contributed by atoms with Gasteiger partial charge in [-0.05, 0) is 53.1 Å². The zero-order chi connectivity index (χ0) is 33.0. The Balaban J connectivity index is 1.14. The Morgan fingerprint density at radius 1 is 0.440 bits per heavy atom. The van der Waals surface area contributed by atoms with E-state index in [9.17, 15) is 0 Å². The molecule has 0 aliphatic rings. The summed E-state index contributed by atoms with van der Waals surface area (Å²) < 4.78 is 8.68. The minimum Gasteiger partial charge on any atom is -0.455 e. The fourth-order valence-electron chi connectivity index (χ4n) is 7.29. The summed E-state index contributed by atoms with van der Waals surface area (Å²) in [5.41, 5.74) is 13.2. The molecule has 4 nitrogen and oxygen atoms in total. The zero-order valence-corrected chi connectivity index (χ0v) is 27.0. The quantitative estimate of drug-likeness (QED) is 0.188. The third-order valence-corrected chi connectivity index (χ3v) is 9.60. The standard InChI is InChI=1S/C46H29N3O/c1-3-14-30(15-4-1)42-44-43(39-23-7-9-26-40(39)49(44)35-20-5-2-6-21-35)48-46(47-42)34-19-12-17-32(29-34)31-16-11-18-33(28-31)36-24-13-25-38-37-22-8-10-27-41(37)50-45(36)38/h1-29H. The number of hydrogen-bond acceptors (Lipinski definition) is 3. The molecule has 10 rings (SSSR count). The molecule has 3 heterocycles. The molecule has 0 bridgehead atoms. The minimum atomic E-state index is 0.692. The van der Waals surface area contributed by atoms with Crippen molar-refractivity contribution >= 4 is 43.9 Å². The third kappa shape index (κ3) is 4.54. The molecule has 0 unspecified atom stereocenters. The highest BCUT2D eigenvalue weighted by Crippen LogP contribution is 2.39. The van der Waals surface area contributed by atoms with Gasteiger partial charge in [-0.1, -0.05) is 140 Å². The van der Waals surface area contributed by atoms with Crippen LogP contribution in [0.25, 0.3) is 94.5 Å². The number of aromatic nitrogens is 3. The lowest BCUT2D eigenvalue weighted by atomic mass is 9.96. The Morgan fingerprint density at radius 2 is 1.04 bits per heavy atom. The highest BCUT2D eigenvalue weighted by molar-refractivity contribution is 6.12. The summed E-state index contributed by atoms with van der Waals surface area (Å²) in [7, 11) is 0. The second-order valence-electron chi connectivity index (χ2n) is 12.6. The summed E-state index contributed by atoms with van der Waals surface area (Å²) in [6.07, 6.45) is 0. The Bertz CT molecular complexity index is 2870. The van der Waals surface area contributed by atoms with E-state index >= 15 is 0 Å². The summed E-state index contributed by atoms with van der Waals surface area (Å²) in [5, 5.41) is 3.35. The second kappa shape index (κ2) is 11.4. The van der Waals surface area contributed by atoms with E-state index in [1.165, 1.54) is 0 Å². The summed E-state index contributed by atoms with van der Waals surface area (Å²) in [6, 6.07) is 61.3. The van der Waals surface area contributed by atoms with Gasteiger partial charge in [0.1, 0.15) is 16.7 Å².